The van der Waals surface area contributed by atoms with E-state index in [1.165, 1.54) is 11.1 Å². The molecular weight excluding hydrogens is 328 g/mol. The van der Waals surface area contributed by atoms with Crippen molar-refractivity contribution in [2.45, 2.75) is 38.9 Å². The van der Waals surface area contributed by atoms with Crippen molar-refractivity contribution in [2.24, 2.45) is 0 Å². The van der Waals surface area contributed by atoms with Crippen molar-refractivity contribution >= 4 is 5.91 Å². The predicted octanol–water partition coefficient (Wildman–Crippen LogP) is 2.66. The zero-order valence-corrected chi connectivity index (χ0v) is 15.2. The van der Waals surface area contributed by atoms with E-state index in [-0.39, 0.29) is 5.91 Å². The van der Waals surface area contributed by atoms with E-state index in [9.17, 15) is 4.79 Å². The first kappa shape index (κ1) is 16.9. The van der Waals surface area contributed by atoms with E-state index in [1.54, 1.807) is 0 Å². The second kappa shape index (κ2) is 6.65. The van der Waals surface area contributed by atoms with E-state index in [4.69, 9.17) is 9.47 Å². The maximum Gasteiger partial charge on any atom is 0.230 e. The Hall–Kier alpha value is -2.53. The molecule has 2 heterocycles. The maximum absolute atomic E-state index is 12.8. The normalized spacial score (nSPS) is 15.5. The molecule has 26 heavy (non-hydrogen) atoms. The number of hydrogen-bond acceptors (Lipinski definition) is 4. The third-order valence-electron chi connectivity index (χ3n) is 5.19. The van der Waals surface area contributed by atoms with E-state index < -0.39 is 5.41 Å². The number of nitrogens with one attached hydrogen (secondary N) is 2. The van der Waals surface area contributed by atoms with Gasteiger partial charge in [-0.3, -0.25) is 4.79 Å². The molecule has 136 valence electrons. The largest absolute Gasteiger partial charge is 0.486 e. The zero-order chi connectivity index (χ0) is 18.1. The van der Waals surface area contributed by atoms with Crippen LogP contribution >= 0.6 is 0 Å². The van der Waals surface area contributed by atoms with Gasteiger partial charge < -0.3 is 20.1 Å². The quantitative estimate of drug-likeness (QED) is 0.888. The van der Waals surface area contributed by atoms with Gasteiger partial charge in [0.05, 0.1) is 5.41 Å². The molecule has 0 aliphatic carbocycles. The van der Waals surface area contributed by atoms with Crippen LogP contribution in [0.15, 0.2) is 36.4 Å². The molecule has 0 atom stereocenters. The molecule has 2 aromatic rings. The Labute approximate surface area is 153 Å². The first-order valence-corrected chi connectivity index (χ1v) is 9.04. The van der Waals surface area contributed by atoms with Crippen LogP contribution in [0.4, 0.5) is 0 Å². The number of hydrogen-bond donors (Lipinski definition) is 2. The molecule has 2 aliphatic heterocycles. The third kappa shape index (κ3) is 3.15. The van der Waals surface area contributed by atoms with Crippen LogP contribution in [0.5, 0.6) is 11.5 Å². The minimum atomic E-state index is -0.659. The van der Waals surface area contributed by atoms with Gasteiger partial charge in [-0.15, -0.1) is 0 Å². The molecular formula is C21H24N2O3. The maximum atomic E-state index is 12.8. The average molecular weight is 352 g/mol. The van der Waals surface area contributed by atoms with E-state index >= 15 is 0 Å². The zero-order valence-electron chi connectivity index (χ0n) is 15.2. The van der Waals surface area contributed by atoms with Gasteiger partial charge in [-0.2, -0.15) is 0 Å². The Balaban J connectivity index is 1.46. The second-order valence-corrected chi connectivity index (χ2v) is 7.37. The molecule has 2 N–H and O–H groups in total. The average Bonchev–Trinajstić information content (AvgIpc) is 3.13. The molecule has 2 aromatic carbocycles. The number of rotatable bonds is 4. The van der Waals surface area contributed by atoms with Gasteiger partial charge in [0.1, 0.15) is 13.2 Å². The first-order valence-electron chi connectivity index (χ1n) is 9.04. The Bertz CT molecular complexity index is 845. The van der Waals surface area contributed by atoms with Gasteiger partial charge in [-0.25, -0.2) is 0 Å². The van der Waals surface area contributed by atoms with Gasteiger partial charge in [-0.05, 0) is 48.2 Å². The number of fused-ring (bicyclic) bond motifs is 2. The van der Waals surface area contributed by atoms with Crippen LogP contribution in [0.3, 0.4) is 0 Å². The summed E-state index contributed by atoms with van der Waals surface area (Å²) in [5.41, 5.74) is 4.05. The minimum Gasteiger partial charge on any atom is -0.486 e. The van der Waals surface area contributed by atoms with Crippen molar-refractivity contribution in [3.8, 4) is 11.5 Å². The summed E-state index contributed by atoms with van der Waals surface area (Å²) < 4.78 is 11.2. The lowest BCUT2D eigenvalue weighted by Crippen LogP contribution is -2.39. The van der Waals surface area contributed by atoms with Gasteiger partial charge in [0.2, 0.25) is 5.91 Å². The summed E-state index contributed by atoms with van der Waals surface area (Å²) in [6.07, 6.45) is 0. The summed E-state index contributed by atoms with van der Waals surface area (Å²) in [7, 11) is 0. The van der Waals surface area contributed by atoms with Gasteiger partial charge in [0.15, 0.2) is 11.5 Å². The molecule has 1 amide bonds. The van der Waals surface area contributed by atoms with Crippen LogP contribution in [0, 0.1) is 0 Å². The Morgan fingerprint density at radius 1 is 1.04 bits per heavy atom. The van der Waals surface area contributed by atoms with Gasteiger partial charge in [0, 0.05) is 19.6 Å². The lowest BCUT2D eigenvalue weighted by molar-refractivity contribution is -0.125. The van der Waals surface area contributed by atoms with Crippen LogP contribution in [0.2, 0.25) is 0 Å². The monoisotopic (exact) mass is 352 g/mol. The molecule has 0 saturated carbocycles. The Morgan fingerprint density at radius 2 is 1.81 bits per heavy atom. The third-order valence-corrected chi connectivity index (χ3v) is 5.19. The number of ether oxygens (including phenoxy) is 2. The van der Waals surface area contributed by atoms with E-state index in [0.29, 0.717) is 25.5 Å². The highest BCUT2D eigenvalue weighted by molar-refractivity contribution is 5.87. The molecule has 5 heteroatoms. The SMILES string of the molecule is CC(C)(C(=O)NCc1ccc2c(c1)CNC2)c1ccc2c(c1)OCCO2. The standard InChI is InChI=1S/C21H24N2O3/c1-21(2,17-5-6-18-19(10-17)26-8-7-25-18)20(24)23-11-14-3-4-15-12-22-13-16(15)9-14/h3-6,9-10,22H,7-8,11-13H2,1-2H3,(H,23,24). The Kier molecular flexibility index (Phi) is 4.32. The lowest BCUT2D eigenvalue weighted by Gasteiger charge is -2.26. The van der Waals surface area contributed by atoms with Crippen molar-refractivity contribution in [3.63, 3.8) is 0 Å². The topological polar surface area (TPSA) is 59.6 Å². The molecule has 0 spiro atoms. The van der Waals surface area contributed by atoms with Crippen LogP contribution in [-0.4, -0.2) is 19.1 Å². The smallest absolute Gasteiger partial charge is 0.230 e. The van der Waals surface area contributed by atoms with Crippen LogP contribution in [0.1, 0.15) is 36.1 Å². The molecule has 2 aliphatic rings. The highest BCUT2D eigenvalue weighted by Crippen LogP contribution is 2.35. The minimum absolute atomic E-state index is 0.00667. The molecule has 0 unspecified atom stereocenters. The van der Waals surface area contributed by atoms with E-state index in [0.717, 1.165) is 30.0 Å². The fourth-order valence-corrected chi connectivity index (χ4v) is 3.42. The molecule has 5 nitrogen and oxygen atoms in total. The molecule has 0 bridgehead atoms. The molecule has 0 radical (unpaired) electrons. The van der Waals surface area contributed by atoms with E-state index in [1.807, 2.05) is 32.0 Å². The second-order valence-electron chi connectivity index (χ2n) is 7.37. The fraction of sp³-hybridized carbons (Fsp3) is 0.381. The number of carbonyl (C=O) groups excluding carboxylic acids is 1. The summed E-state index contributed by atoms with van der Waals surface area (Å²) in [6, 6.07) is 12.1. The fourth-order valence-electron chi connectivity index (χ4n) is 3.42. The van der Waals surface area contributed by atoms with Crippen LogP contribution in [-0.2, 0) is 29.8 Å². The summed E-state index contributed by atoms with van der Waals surface area (Å²) in [6.45, 7) is 7.32. The summed E-state index contributed by atoms with van der Waals surface area (Å²) in [4.78, 5) is 12.8. The summed E-state index contributed by atoms with van der Waals surface area (Å²) >= 11 is 0. The Morgan fingerprint density at radius 3 is 2.65 bits per heavy atom. The number of benzene rings is 2. The molecule has 0 saturated heterocycles. The van der Waals surface area contributed by atoms with Gasteiger partial charge >= 0.3 is 0 Å². The van der Waals surface area contributed by atoms with Crippen LogP contribution < -0.4 is 20.1 Å². The molecule has 4 rings (SSSR count). The van der Waals surface area contributed by atoms with Crippen molar-refractivity contribution < 1.29 is 14.3 Å². The first-order chi connectivity index (χ1) is 12.5. The number of carbonyl (C=O) groups is 1. The molecule has 0 aromatic heterocycles. The van der Waals surface area contributed by atoms with Crippen molar-refractivity contribution in [2.75, 3.05) is 13.2 Å². The highest BCUT2D eigenvalue weighted by atomic mass is 16.6. The van der Waals surface area contributed by atoms with Gasteiger partial charge in [0.25, 0.3) is 0 Å². The van der Waals surface area contributed by atoms with E-state index in [2.05, 4.69) is 28.8 Å². The van der Waals surface area contributed by atoms with Crippen LogP contribution in [0.25, 0.3) is 0 Å². The molecule has 0 fully saturated rings. The van der Waals surface area contributed by atoms with Crippen molar-refractivity contribution in [1.82, 2.24) is 10.6 Å². The summed E-state index contributed by atoms with van der Waals surface area (Å²) in [5.74, 6) is 1.44. The predicted molar refractivity (Wildman–Crippen MR) is 99.3 cm³/mol. The summed E-state index contributed by atoms with van der Waals surface area (Å²) in [5, 5.41) is 6.42. The van der Waals surface area contributed by atoms with Crippen molar-refractivity contribution in [1.29, 1.82) is 0 Å². The number of amides is 1. The van der Waals surface area contributed by atoms with Gasteiger partial charge in [-0.1, -0.05) is 24.3 Å². The van der Waals surface area contributed by atoms with Crippen molar-refractivity contribution in [3.05, 3.63) is 58.7 Å². The lowest BCUT2D eigenvalue weighted by atomic mass is 9.83. The highest BCUT2D eigenvalue weighted by Gasteiger charge is 2.31.